The first-order valence-corrected chi connectivity index (χ1v) is 9.03. The number of carbonyl (C=O) groups is 1. The van der Waals surface area contributed by atoms with Gasteiger partial charge in [0.25, 0.3) is 5.91 Å². The van der Waals surface area contributed by atoms with Crippen molar-refractivity contribution in [1.82, 2.24) is 9.97 Å². The van der Waals surface area contributed by atoms with Gasteiger partial charge in [-0.15, -0.1) is 11.3 Å². The van der Waals surface area contributed by atoms with Crippen molar-refractivity contribution in [3.8, 4) is 0 Å². The van der Waals surface area contributed by atoms with Crippen LogP contribution in [0.15, 0.2) is 18.3 Å². The van der Waals surface area contributed by atoms with Gasteiger partial charge in [-0.2, -0.15) is 0 Å². The summed E-state index contributed by atoms with van der Waals surface area (Å²) in [6, 6.07) is 4.20. The van der Waals surface area contributed by atoms with Crippen molar-refractivity contribution in [2.24, 2.45) is 0 Å². The fourth-order valence-electron chi connectivity index (χ4n) is 2.31. The number of carbonyl (C=O) groups excluding carboxylic acids is 1. The molecule has 0 fully saturated rings. The molecule has 1 N–H and O–H groups in total. The third-order valence-corrected chi connectivity index (χ3v) is 5.76. The van der Waals surface area contributed by atoms with E-state index in [9.17, 15) is 4.79 Å². The van der Waals surface area contributed by atoms with E-state index in [-0.39, 0.29) is 11.3 Å². The van der Waals surface area contributed by atoms with Crippen molar-refractivity contribution in [1.29, 1.82) is 0 Å². The second kappa shape index (κ2) is 5.69. The number of nitrogens with one attached hydrogen (secondary N) is 1. The summed E-state index contributed by atoms with van der Waals surface area (Å²) in [7, 11) is 0. The van der Waals surface area contributed by atoms with Crippen molar-refractivity contribution in [3.63, 3.8) is 0 Å². The first-order chi connectivity index (χ1) is 10.7. The number of fused-ring (bicyclic) bond motifs is 1. The van der Waals surface area contributed by atoms with E-state index in [4.69, 9.17) is 0 Å². The number of hydrogen-bond donors (Lipinski definition) is 1. The first kappa shape index (κ1) is 16.1. The number of hydrogen-bond acceptors (Lipinski definition) is 5. The molecule has 3 aromatic rings. The molecule has 0 aliphatic carbocycles. The average Bonchev–Trinajstić information content (AvgIpc) is 3.04. The Hall–Kier alpha value is -1.79. The molecule has 0 saturated heterocycles. The fourth-order valence-corrected chi connectivity index (χ4v) is 4.21. The monoisotopic (exact) mass is 345 g/mol. The second-order valence-electron chi connectivity index (χ2n) is 6.68. The van der Waals surface area contributed by atoms with E-state index in [0.717, 1.165) is 20.8 Å². The highest BCUT2D eigenvalue weighted by atomic mass is 32.1. The maximum Gasteiger partial charge on any atom is 0.269 e. The molecule has 23 heavy (non-hydrogen) atoms. The molecule has 0 aliphatic rings. The molecule has 0 radical (unpaired) electrons. The maximum atomic E-state index is 12.4. The minimum atomic E-state index is -0.147. The van der Waals surface area contributed by atoms with Crippen LogP contribution in [0.4, 0.5) is 5.13 Å². The summed E-state index contributed by atoms with van der Waals surface area (Å²) >= 11 is 2.94. The summed E-state index contributed by atoms with van der Waals surface area (Å²) in [5.74, 6) is -0.147. The van der Waals surface area contributed by atoms with Gasteiger partial charge in [0.1, 0.15) is 4.88 Å². The summed E-state index contributed by atoms with van der Waals surface area (Å²) in [4.78, 5) is 21.9. The zero-order valence-corrected chi connectivity index (χ0v) is 15.5. The predicted octanol–water partition coefficient (Wildman–Crippen LogP) is 4.92. The average molecular weight is 345 g/mol. The highest BCUT2D eigenvalue weighted by Crippen LogP contribution is 2.31. The van der Waals surface area contributed by atoms with Gasteiger partial charge in [0, 0.05) is 5.41 Å². The predicted molar refractivity (Wildman–Crippen MR) is 97.9 cm³/mol. The first-order valence-electron chi connectivity index (χ1n) is 7.39. The van der Waals surface area contributed by atoms with Crippen LogP contribution in [0.25, 0.3) is 10.2 Å². The molecule has 2 aromatic heterocycles. The summed E-state index contributed by atoms with van der Waals surface area (Å²) in [6.45, 7) is 10.4. The molecule has 1 amide bonds. The summed E-state index contributed by atoms with van der Waals surface area (Å²) in [5.41, 5.74) is 3.24. The minimum absolute atomic E-state index is 0.0479. The van der Waals surface area contributed by atoms with E-state index in [1.165, 1.54) is 28.2 Å². The number of nitrogens with zero attached hydrogens (tertiary/aromatic N) is 2. The molecule has 120 valence electrons. The Morgan fingerprint density at radius 2 is 1.91 bits per heavy atom. The second-order valence-corrected chi connectivity index (χ2v) is 8.74. The minimum Gasteiger partial charge on any atom is -0.297 e. The van der Waals surface area contributed by atoms with E-state index < -0.39 is 0 Å². The normalized spacial score (nSPS) is 11.9. The topological polar surface area (TPSA) is 54.9 Å². The van der Waals surface area contributed by atoms with Crippen molar-refractivity contribution in [2.45, 2.75) is 40.0 Å². The van der Waals surface area contributed by atoms with Crippen molar-refractivity contribution in [3.05, 3.63) is 39.3 Å². The lowest BCUT2D eigenvalue weighted by Crippen LogP contribution is -2.10. The number of thiazole rings is 2. The Morgan fingerprint density at radius 1 is 1.17 bits per heavy atom. The lowest BCUT2D eigenvalue weighted by Gasteiger charge is -2.13. The Balaban J connectivity index is 1.85. The van der Waals surface area contributed by atoms with Crippen LogP contribution in [0.5, 0.6) is 0 Å². The maximum absolute atomic E-state index is 12.4. The van der Waals surface area contributed by atoms with Crippen molar-refractivity contribution >= 4 is 43.9 Å². The number of anilines is 1. The molecule has 4 nitrogen and oxygen atoms in total. The van der Waals surface area contributed by atoms with Gasteiger partial charge in [-0.3, -0.25) is 10.1 Å². The Morgan fingerprint density at radius 3 is 2.57 bits per heavy atom. The molecule has 2 heterocycles. The van der Waals surface area contributed by atoms with Gasteiger partial charge in [0.15, 0.2) is 5.13 Å². The largest absolute Gasteiger partial charge is 0.297 e. The van der Waals surface area contributed by atoms with Crippen LogP contribution in [0, 0.1) is 13.8 Å². The standard InChI is InChI=1S/C17H19N3OS2/c1-9-6-10(2)13-11(7-9)23-16(19-13)20-14(21)12-8-18-15(22-12)17(3,4)5/h6-8H,1-5H3,(H,19,20,21). The Bertz CT molecular complexity index is 887. The molecule has 0 unspecified atom stereocenters. The summed E-state index contributed by atoms with van der Waals surface area (Å²) < 4.78 is 1.09. The van der Waals surface area contributed by atoms with Crippen molar-refractivity contribution in [2.75, 3.05) is 5.32 Å². The number of benzene rings is 1. The number of aryl methyl sites for hydroxylation is 2. The number of aromatic nitrogens is 2. The van der Waals surface area contributed by atoms with Crippen LogP contribution < -0.4 is 5.32 Å². The van der Waals surface area contributed by atoms with Crippen LogP contribution in [-0.4, -0.2) is 15.9 Å². The molecule has 1 aromatic carbocycles. The third kappa shape index (κ3) is 3.28. The van der Waals surface area contributed by atoms with E-state index in [2.05, 4.69) is 55.1 Å². The smallest absolute Gasteiger partial charge is 0.269 e. The summed E-state index contributed by atoms with van der Waals surface area (Å²) in [6.07, 6.45) is 1.64. The molecule has 0 saturated carbocycles. The van der Waals surface area contributed by atoms with Gasteiger partial charge in [0.2, 0.25) is 0 Å². The Labute approximate surface area is 143 Å². The molecule has 0 atom stereocenters. The van der Waals surface area contributed by atoms with Crippen LogP contribution in [0.3, 0.4) is 0 Å². The van der Waals surface area contributed by atoms with Gasteiger partial charge in [0.05, 0.1) is 21.4 Å². The van der Waals surface area contributed by atoms with E-state index >= 15 is 0 Å². The van der Waals surface area contributed by atoms with Crippen LogP contribution in [0.2, 0.25) is 0 Å². The highest BCUT2D eigenvalue weighted by Gasteiger charge is 2.21. The SMILES string of the molecule is Cc1cc(C)c2nc(NC(=O)c3cnc(C(C)(C)C)s3)sc2c1. The highest BCUT2D eigenvalue weighted by molar-refractivity contribution is 7.22. The van der Waals surface area contributed by atoms with E-state index in [0.29, 0.717) is 10.0 Å². The van der Waals surface area contributed by atoms with Gasteiger partial charge >= 0.3 is 0 Å². The molecular weight excluding hydrogens is 326 g/mol. The van der Waals surface area contributed by atoms with Gasteiger partial charge in [-0.1, -0.05) is 38.2 Å². The van der Waals surface area contributed by atoms with Crippen molar-refractivity contribution < 1.29 is 4.79 Å². The number of amides is 1. The lowest BCUT2D eigenvalue weighted by molar-refractivity contribution is 0.103. The van der Waals surface area contributed by atoms with E-state index in [1.807, 2.05) is 6.92 Å². The van der Waals surface area contributed by atoms with Crippen LogP contribution in [-0.2, 0) is 5.41 Å². The molecule has 6 heteroatoms. The molecule has 0 bridgehead atoms. The molecule has 0 spiro atoms. The third-order valence-electron chi connectivity index (χ3n) is 3.42. The van der Waals surface area contributed by atoms with E-state index in [1.54, 1.807) is 6.20 Å². The summed E-state index contributed by atoms with van der Waals surface area (Å²) in [5, 5.41) is 4.48. The molecule has 3 rings (SSSR count). The van der Waals surface area contributed by atoms with Crippen LogP contribution in [0.1, 0.15) is 46.6 Å². The zero-order chi connectivity index (χ0) is 16.8. The zero-order valence-electron chi connectivity index (χ0n) is 13.9. The van der Waals surface area contributed by atoms with Gasteiger partial charge in [-0.25, -0.2) is 9.97 Å². The van der Waals surface area contributed by atoms with Gasteiger partial charge < -0.3 is 0 Å². The van der Waals surface area contributed by atoms with Gasteiger partial charge in [-0.05, 0) is 31.0 Å². The lowest BCUT2D eigenvalue weighted by atomic mass is 9.98. The fraction of sp³-hybridized carbons (Fsp3) is 0.353. The Kier molecular flexibility index (Phi) is 3.98. The quantitative estimate of drug-likeness (QED) is 0.717. The molecular formula is C17H19N3OS2. The molecule has 0 aliphatic heterocycles. The van der Waals surface area contributed by atoms with Crippen LogP contribution >= 0.6 is 22.7 Å². The number of rotatable bonds is 2.